The molecule has 1 fully saturated rings. The minimum Gasteiger partial charge on any atom is -0.494 e. The summed E-state index contributed by atoms with van der Waals surface area (Å²) in [5, 5.41) is 2.94. The highest BCUT2D eigenvalue weighted by Gasteiger charge is 2.38. The first-order chi connectivity index (χ1) is 9.70. The molecule has 0 bridgehead atoms. The molecule has 3 N–H and O–H groups in total. The van der Waals surface area contributed by atoms with Gasteiger partial charge in [0.05, 0.1) is 12.0 Å². The van der Waals surface area contributed by atoms with Crippen molar-refractivity contribution in [3.05, 3.63) is 24.3 Å². The van der Waals surface area contributed by atoms with E-state index in [0.29, 0.717) is 39.2 Å². The number of anilines is 1. The van der Waals surface area contributed by atoms with Crippen LogP contribution in [0.4, 0.5) is 5.69 Å². The zero-order valence-corrected chi connectivity index (χ0v) is 13.1. The second-order valence-electron chi connectivity index (χ2n) is 5.01. The SMILES string of the molecule is CCOc1ccc(NC(=O)C2(CN)CCOCC2)cc1.Cl. The number of carbonyl (C=O) groups excluding carboxylic acids is 1. The van der Waals surface area contributed by atoms with E-state index < -0.39 is 5.41 Å². The van der Waals surface area contributed by atoms with E-state index in [4.69, 9.17) is 15.2 Å². The molecule has 5 nitrogen and oxygen atoms in total. The average molecular weight is 315 g/mol. The smallest absolute Gasteiger partial charge is 0.232 e. The Morgan fingerprint density at radius 1 is 1.33 bits per heavy atom. The first kappa shape index (κ1) is 17.8. The van der Waals surface area contributed by atoms with Gasteiger partial charge >= 0.3 is 0 Å². The van der Waals surface area contributed by atoms with E-state index in [-0.39, 0.29) is 18.3 Å². The summed E-state index contributed by atoms with van der Waals surface area (Å²) >= 11 is 0. The third kappa shape index (κ3) is 4.33. The summed E-state index contributed by atoms with van der Waals surface area (Å²) in [7, 11) is 0. The Morgan fingerprint density at radius 3 is 2.48 bits per heavy atom. The lowest BCUT2D eigenvalue weighted by molar-refractivity contribution is -0.130. The number of hydrogen-bond acceptors (Lipinski definition) is 4. The van der Waals surface area contributed by atoms with Gasteiger partial charge in [-0.3, -0.25) is 4.79 Å². The lowest BCUT2D eigenvalue weighted by Gasteiger charge is -2.34. The molecule has 1 amide bonds. The molecular weight excluding hydrogens is 292 g/mol. The molecule has 0 atom stereocenters. The number of ether oxygens (including phenoxy) is 2. The molecule has 0 unspecified atom stereocenters. The van der Waals surface area contributed by atoms with Crippen molar-refractivity contribution in [1.29, 1.82) is 0 Å². The van der Waals surface area contributed by atoms with E-state index in [2.05, 4.69) is 5.32 Å². The topological polar surface area (TPSA) is 73.6 Å². The molecule has 118 valence electrons. The van der Waals surface area contributed by atoms with Crippen LogP contribution in [0.5, 0.6) is 5.75 Å². The van der Waals surface area contributed by atoms with Gasteiger partial charge in [0.1, 0.15) is 5.75 Å². The zero-order valence-electron chi connectivity index (χ0n) is 12.3. The van der Waals surface area contributed by atoms with Gasteiger partial charge in [-0.25, -0.2) is 0 Å². The number of benzene rings is 1. The van der Waals surface area contributed by atoms with Crippen molar-refractivity contribution in [2.75, 3.05) is 31.7 Å². The van der Waals surface area contributed by atoms with Crippen molar-refractivity contribution in [3.8, 4) is 5.75 Å². The maximum atomic E-state index is 12.5. The van der Waals surface area contributed by atoms with Crippen LogP contribution in [-0.4, -0.2) is 32.3 Å². The fourth-order valence-corrected chi connectivity index (χ4v) is 2.35. The average Bonchev–Trinajstić information content (AvgIpc) is 2.50. The highest BCUT2D eigenvalue weighted by atomic mass is 35.5. The Morgan fingerprint density at radius 2 is 1.95 bits per heavy atom. The Labute approximate surface area is 131 Å². The van der Waals surface area contributed by atoms with Crippen LogP contribution in [0.15, 0.2) is 24.3 Å². The predicted molar refractivity (Wildman–Crippen MR) is 85.0 cm³/mol. The summed E-state index contributed by atoms with van der Waals surface area (Å²) in [6.45, 7) is 4.09. The normalized spacial score (nSPS) is 16.7. The highest BCUT2D eigenvalue weighted by Crippen LogP contribution is 2.31. The summed E-state index contributed by atoms with van der Waals surface area (Å²) in [5.41, 5.74) is 6.08. The lowest BCUT2D eigenvalue weighted by Crippen LogP contribution is -2.46. The van der Waals surface area contributed by atoms with Crippen LogP contribution in [0.25, 0.3) is 0 Å². The largest absolute Gasteiger partial charge is 0.494 e. The van der Waals surface area contributed by atoms with Gasteiger partial charge in [0.25, 0.3) is 0 Å². The fraction of sp³-hybridized carbons (Fsp3) is 0.533. The van der Waals surface area contributed by atoms with E-state index in [1.165, 1.54) is 0 Å². The van der Waals surface area contributed by atoms with Gasteiger partial charge in [0.15, 0.2) is 0 Å². The number of nitrogens with one attached hydrogen (secondary N) is 1. The van der Waals surface area contributed by atoms with Crippen molar-refractivity contribution in [2.24, 2.45) is 11.1 Å². The lowest BCUT2D eigenvalue weighted by atomic mass is 9.79. The molecule has 0 saturated carbocycles. The molecule has 1 aliphatic rings. The van der Waals surface area contributed by atoms with Gasteiger partial charge in [-0.05, 0) is 44.0 Å². The van der Waals surface area contributed by atoms with Gasteiger partial charge in [-0.1, -0.05) is 0 Å². The minimum atomic E-state index is -0.503. The second kappa shape index (κ2) is 8.22. The number of carbonyl (C=O) groups is 1. The van der Waals surface area contributed by atoms with Crippen LogP contribution >= 0.6 is 12.4 Å². The molecule has 1 aromatic rings. The van der Waals surface area contributed by atoms with Crippen molar-refractivity contribution >= 4 is 24.0 Å². The van der Waals surface area contributed by atoms with Crippen molar-refractivity contribution in [1.82, 2.24) is 0 Å². The quantitative estimate of drug-likeness (QED) is 0.874. The second-order valence-corrected chi connectivity index (χ2v) is 5.01. The third-order valence-corrected chi connectivity index (χ3v) is 3.75. The molecule has 0 spiro atoms. The first-order valence-corrected chi connectivity index (χ1v) is 7.02. The number of nitrogens with two attached hydrogens (primary N) is 1. The van der Waals surface area contributed by atoms with Gasteiger partial charge in [-0.15, -0.1) is 12.4 Å². The molecule has 1 aromatic carbocycles. The molecule has 0 aromatic heterocycles. The van der Waals surface area contributed by atoms with Crippen molar-refractivity contribution in [3.63, 3.8) is 0 Å². The van der Waals surface area contributed by atoms with Gasteiger partial charge in [-0.2, -0.15) is 0 Å². The summed E-state index contributed by atoms with van der Waals surface area (Å²) in [4.78, 5) is 12.5. The monoisotopic (exact) mass is 314 g/mol. The summed E-state index contributed by atoms with van der Waals surface area (Å²) < 4.78 is 10.7. The molecule has 1 saturated heterocycles. The predicted octanol–water partition coefficient (Wildman–Crippen LogP) is 2.20. The Kier molecular flexibility index (Phi) is 6.95. The summed E-state index contributed by atoms with van der Waals surface area (Å²) in [6.07, 6.45) is 1.35. The van der Waals surface area contributed by atoms with Crippen molar-refractivity contribution < 1.29 is 14.3 Å². The number of hydrogen-bond donors (Lipinski definition) is 2. The van der Waals surface area contributed by atoms with Crippen molar-refractivity contribution in [2.45, 2.75) is 19.8 Å². The highest BCUT2D eigenvalue weighted by molar-refractivity contribution is 5.95. The molecule has 6 heteroatoms. The summed E-state index contributed by atoms with van der Waals surface area (Å²) in [5.74, 6) is 0.776. The molecule has 0 aliphatic carbocycles. The molecule has 21 heavy (non-hydrogen) atoms. The molecule has 0 radical (unpaired) electrons. The van der Waals surface area contributed by atoms with Gasteiger partial charge in [0, 0.05) is 25.4 Å². The number of rotatable bonds is 5. The van der Waals surface area contributed by atoms with Crippen LogP contribution in [0.3, 0.4) is 0 Å². The van der Waals surface area contributed by atoms with E-state index in [0.717, 1.165) is 11.4 Å². The molecule has 2 rings (SSSR count). The molecule has 1 heterocycles. The summed E-state index contributed by atoms with van der Waals surface area (Å²) in [6, 6.07) is 7.37. The minimum absolute atomic E-state index is 0. The van der Waals surface area contributed by atoms with Gasteiger partial charge in [0.2, 0.25) is 5.91 Å². The first-order valence-electron chi connectivity index (χ1n) is 7.02. The maximum Gasteiger partial charge on any atom is 0.232 e. The van der Waals surface area contributed by atoms with Crippen LogP contribution in [0.1, 0.15) is 19.8 Å². The van der Waals surface area contributed by atoms with E-state index >= 15 is 0 Å². The number of halogens is 1. The Balaban J connectivity index is 0.00000220. The molecule has 1 aliphatic heterocycles. The Hall–Kier alpha value is -1.30. The maximum absolute atomic E-state index is 12.5. The van der Waals surface area contributed by atoms with Crippen LogP contribution in [0.2, 0.25) is 0 Å². The number of amides is 1. The van der Waals surface area contributed by atoms with Crippen LogP contribution < -0.4 is 15.8 Å². The van der Waals surface area contributed by atoms with Gasteiger partial charge < -0.3 is 20.5 Å². The molecular formula is C15H23ClN2O3. The van der Waals surface area contributed by atoms with Crippen LogP contribution in [-0.2, 0) is 9.53 Å². The van der Waals surface area contributed by atoms with E-state index in [9.17, 15) is 4.79 Å². The zero-order chi connectivity index (χ0) is 14.4. The Bertz CT molecular complexity index is 445. The fourth-order valence-electron chi connectivity index (χ4n) is 2.35. The van der Waals surface area contributed by atoms with E-state index in [1.807, 2.05) is 31.2 Å². The van der Waals surface area contributed by atoms with E-state index in [1.54, 1.807) is 0 Å². The third-order valence-electron chi connectivity index (χ3n) is 3.75. The van der Waals surface area contributed by atoms with Crippen LogP contribution in [0, 0.1) is 5.41 Å². The standard InChI is InChI=1S/C15H22N2O3.ClH/c1-2-20-13-5-3-12(4-6-13)17-14(18)15(11-16)7-9-19-10-8-15;/h3-6H,2,7-11,16H2,1H3,(H,17,18);1H.